The van der Waals surface area contributed by atoms with Gasteiger partial charge in [0.15, 0.2) is 5.17 Å². The average Bonchev–Trinajstić information content (AvgIpc) is 3.35. The highest BCUT2D eigenvalue weighted by Gasteiger charge is 2.34. The molecule has 3 heterocycles. The number of furan rings is 1. The number of hydrogen-bond donors (Lipinski definition) is 0. The van der Waals surface area contributed by atoms with E-state index < -0.39 is 5.82 Å². The standard InChI is InChI=1S/C21H15FN4O2S/c22-18-8-2-1-6-16(18)13-24-25-21-26(14-17-7-4-10-28-17)20(27)19(29-21)11-15-5-3-9-23-12-15/h1-13H,14H2/b19-11-,24-13+,25-21-. The lowest BCUT2D eigenvalue weighted by atomic mass is 10.2. The van der Waals surface area contributed by atoms with Crippen molar-refractivity contribution in [3.05, 3.63) is 94.8 Å². The molecular weight excluding hydrogens is 391 g/mol. The van der Waals surface area contributed by atoms with E-state index in [2.05, 4.69) is 15.2 Å². The Labute approximate surface area is 170 Å². The molecule has 0 N–H and O–H groups in total. The van der Waals surface area contributed by atoms with Gasteiger partial charge >= 0.3 is 0 Å². The SMILES string of the molecule is O=C1/C(=C/c2cccnc2)S/C(=N\N=C\c2ccccc2F)N1Cc1ccco1. The van der Waals surface area contributed by atoms with Crippen LogP contribution in [0.15, 0.2) is 86.7 Å². The predicted molar refractivity (Wildman–Crippen MR) is 110 cm³/mol. The summed E-state index contributed by atoms with van der Waals surface area (Å²) in [6.45, 7) is 0.220. The molecular formula is C21H15FN4O2S. The number of halogens is 1. The summed E-state index contributed by atoms with van der Waals surface area (Å²) in [7, 11) is 0. The minimum absolute atomic E-state index is 0.213. The van der Waals surface area contributed by atoms with Crippen LogP contribution in [0.1, 0.15) is 16.9 Å². The van der Waals surface area contributed by atoms with Crippen LogP contribution >= 0.6 is 11.8 Å². The van der Waals surface area contributed by atoms with Crippen molar-refractivity contribution in [1.82, 2.24) is 9.88 Å². The fourth-order valence-corrected chi connectivity index (χ4v) is 3.55. The number of amidine groups is 1. The second-order valence-electron chi connectivity index (χ2n) is 6.02. The van der Waals surface area contributed by atoms with Gasteiger partial charge in [-0.2, -0.15) is 5.10 Å². The van der Waals surface area contributed by atoms with Gasteiger partial charge in [-0.15, -0.1) is 5.10 Å². The van der Waals surface area contributed by atoms with Gasteiger partial charge in [-0.05, 0) is 47.7 Å². The van der Waals surface area contributed by atoms with Crippen LogP contribution < -0.4 is 0 Å². The Kier molecular flexibility index (Phi) is 5.62. The Morgan fingerprint density at radius 1 is 1.17 bits per heavy atom. The number of rotatable bonds is 5. The maximum absolute atomic E-state index is 13.7. The minimum Gasteiger partial charge on any atom is -0.467 e. The van der Waals surface area contributed by atoms with Crippen molar-refractivity contribution in [2.45, 2.75) is 6.54 Å². The monoisotopic (exact) mass is 406 g/mol. The third-order valence-electron chi connectivity index (χ3n) is 4.01. The third-order valence-corrected chi connectivity index (χ3v) is 5.01. The molecule has 1 amide bonds. The van der Waals surface area contributed by atoms with Gasteiger partial charge in [0.05, 0.1) is 23.9 Å². The number of thioether (sulfide) groups is 1. The van der Waals surface area contributed by atoms with Crippen LogP contribution in [-0.2, 0) is 11.3 Å². The Balaban J connectivity index is 1.63. The normalized spacial score (nSPS) is 17.1. The molecule has 1 aromatic carbocycles. The van der Waals surface area contributed by atoms with Gasteiger partial charge in [0.25, 0.3) is 5.91 Å². The number of pyridine rings is 1. The molecule has 0 atom stereocenters. The Morgan fingerprint density at radius 2 is 2.07 bits per heavy atom. The largest absolute Gasteiger partial charge is 0.467 e. The number of benzene rings is 1. The summed E-state index contributed by atoms with van der Waals surface area (Å²) in [5.74, 6) is 0.0126. The summed E-state index contributed by atoms with van der Waals surface area (Å²) in [5, 5.41) is 8.51. The molecule has 6 nitrogen and oxygen atoms in total. The van der Waals surface area contributed by atoms with Crippen molar-refractivity contribution in [2.24, 2.45) is 10.2 Å². The average molecular weight is 406 g/mol. The van der Waals surface area contributed by atoms with E-state index in [9.17, 15) is 9.18 Å². The van der Waals surface area contributed by atoms with Gasteiger partial charge in [0, 0.05) is 18.0 Å². The number of aromatic nitrogens is 1. The van der Waals surface area contributed by atoms with Crippen molar-refractivity contribution >= 4 is 35.1 Å². The van der Waals surface area contributed by atoms with E-state index >= 15 is 0 Å². The Morgan fingerprint density at radius 3 is 2.83 bits per heavy atom. The number of carbonyl (C=O) groups is 1. The van der Waals surface area contributed by atoms with Gasteiger partial charge in [0.2, 0.25) is 0 Å². The van der Waals surface area contributed by atoms with Gasteiger partial charge in [0.1, 0.15) is 11.6 Å². The predicted octanol–water partition coefficient (Wildman–Crippen LogP) is 4.32. The lowest BCUT2D eigenvalue weighted by molar-refractivity contribution is -0.122. The van der Waals surface area contributed by atoms with Crippen LogP contribution in [-0.4, -0.2) is 27.2 Å². The molecule has 29 heavy (non-hydrogen) atoms. The Bertz CT molecular complexity index is 1090. The molecule has 3 aromatic rings. The van der Waals surface area contributed by atoms with Crippen LogP contribution in [0.25, 0.3) is 6.08 Å². The van der Waals surface area contributed by atoms with Crippen LogP contribution in [0.5, 0.6) is 0 Å². The molecule has 144 valence electrons. The van der Waals surface area contributed by atoms with E-state index in [1.165, 1.54) is 28.9 Å². The zero-order valence-corrected chi connectivity index (χ0v) is 15.9. The van der Waals surface area contributed by atoms with E-state index in [1.807, 2.05) is 6.07 Å². The summed E-state index contributed by atoms with van der Waals surface area (Å²) >= 11 is 1.19. The summed E-state index contributed by atoms with van der Waals surface area (Å²) in [6.07, 6.45) is 7.95. The zero-order chi connectivity index (χ0) is 20.1. The molecule has 0 spiro atoms. The van der Waals surface area contributed by atoms with Crippen molar-refractivity contribution in [3.8, 4) is 0 Å². The Hall–Kier alpha value is -3.52. The van der Waals surface area contributed by atoms with Gasteiger partial charge < -0.3 is 4.42 Å². The van der Waals surface area contributed by atoms with Crippen LogP contribution in [0, 0.1) is 5.82 Å². The quantitative estimate of drug-likeness (QED) is 0.359. The molecule has 0 unspecified atom stereocenters. The van der Waals surface area contributed by atoms with E-state index in [1.54, 1.807) is 61.1 Å². The molecule has 0 saturated carbocycles. The van der Waals surface area contributed by atoms with E-state index in [0.717, 1.165) is 5.56 Å². The minimum atomic E-state index is -0.392. The van der Waals surface area contributed by atoms with Gasteiger partial charge in [-0.3, -0.25) is 14.7 Å². The highest BCUT2D eigenvalue weighted by Crippen LogP contribution is 2.33. The second-order valence-corrected chi connectivity index (χ2v) is 7.03. The van der Waals surface area contributed by atoms with Crippen LogP contribution in [0.2, 0.25) is 0 Å². The zero-order valence-electron chi connectivity index (χ0n) is 15.1. The maximum atomic E-state index is 13.7. The first-order valence-corrected chi connectivity index (χ1v) is 9.52. The first kappa shape index (κ1) is 18.8. The molecule has 1 fully saturated rings. The van der Waals surface area contributed by atoms with Crippen LogP contribution in [0.3, 0.4) is 0 Å². The fourth-order valence-electron chi connectivity index (χ4n) is 2.61. The van der Waals surface area contributed by atoms with Crippen molar-refractivity contribution in [1.29, 1.82) is 0 Å². The number of amides is 1. The van der Waals surface area contributed by atoms with Gasteiger partial charge in [-0.25, -0.2) is 4.39 Å². The highest BCUT2D eigenvalue weighted by atomic mass is 32.2. The molecule has 0 radical (unpaired) electrons. The lowest BCUT2D eigenvalue weighted by Gasteiger charge is -2.12. The number of hydrogen-bond acceptors (Lipinski definition) is 6. The number of nitrogens with zero attached hydrogens (tertiary/aromatic N) is 4. The summed E-state index contributed by atoms with van der Waals surface area (Å²) in [4.78, 5) is 18.9. The molecule has 8 heteroatoms. The van der Waals surface area contributed by atoms with Gasteiger partial charge in [-0.1, -0.05) is 24.3 Å². The number of carbonyl (C=O) groups excluding carboxylic acids is 1. The first-order chi connectivity index (χ1) is 14.2. The molecule has 1 aliphatic heterocycles. The third kappa shape index (κ3) is 4.49. The summed E-state index contributed by atoms with van der Waals surface area (Å²) in [6, 6.07) is 13.4. The highest BCUT2D eigenvalue weighted by molar-refractivity contribution is 8.18. The summed E-state index contributed by atoms with van der Waals surface area (Å²) < 4.78 is 19.1. The second kappa shape index (κ2) is 8.66. The van der Waals surface area contributed by atoms with E-state index in [0.29, 0.717) is 21.4 Å². The topological polar surface area (TPSA) is 71.1 Å². The lowest BCUT2D eigenvalue weighted by Crippen LogP contribution is -2.28. The molecule has 4 rings (SSSR count). The molecule has 1 aliphatic rings. The summed E-state index contributed by atoms with van der Waals surface area (Å²) in [5.41, 5.74) is 1.12. The smallest absolute Gasteiger partial charge is 0.267 e. The molecule has 0 aliphatic carbocycles. The fraction of sp³-hybridized carbons (Fsp3) is 0.0476. The maximum Gasteiger partial charge on any atom is 0.267 e. The molecule has 2 aromatic heterocycles. The van der Waals surface area contributed by atoms with Crippen molar-refractivity contribution < 1.29 is 13.6 Å². The van der Waals surface area contributed by atoms with Crippen LogP contribution in [0.4, 0.5) is 4.39 Å². The van der Waals surface area contributed by atoms with E-state index in [4.69, 9.17) is 4.42 Å². The first-order valence-electron chi connectivity index (χ1n) is 8.70. The molecule has 0 bridgehead atoms. The van der Waals surface area contributed by atoms with Crippen molar-refractivity contribution in [2.75, 3.05) is 0 Å². The van der Waals surface area contributed by atoms with E-state index in [-0.39, 0.29) is 12.5 Å². The molecule has 1 saturated heterocycles. The van der Waals surface area contributed by atoms with Crippen molar-refractivity contribution in [3.63, 3.8) is 0 Å².